The monoisotopic (exact) mass is 271 g/mol. The van der Waals surface area contributed by atoms with Gasteiger partial charge in [0.15, 0.2) is 12.2 Å². The summed E-state index contributed by atoms with van der Waals surface area (Å²) in [5.41, 5.74) is 1.58. The van der Waals surface area contributed by atoms with Crippen LogP contribution in [0.2, 0.25) is 0 Å². The molecule has 3 rings (SSSR count). The van der Waals surface area contributed by atoms with Crippen molar-refractivity contribution in [1.29, 1.82) is 0 Å². The summed E-state index contributed by atoms with van der Waals surface area (Å²) in [7, 11) is 0. The lowest BCUT2D eigenvalue weighted by Gasteiger charge is -2.09. The predicted octanol–water partition coefficient (Wildman–Crippen LogP) is 1.42. The zero-order valence-corrected chi connectivity index (χ0v) is 10.6. The average molecular weight is 271 g/mol. The number of carbonyl (C=O) groups is 2. The molecule has 0 saturated carbocycles. The van der Waals surface area contributed by atoms with Gasteiger partial charge in [0.1, 0.15) is 0 Å². The van der Waals surface area contributed by atoms with Gasteiger partial charge in [-0.1, -0.05) is 0 Å². The highest BCUT2D eigenvalue weighted by molar-refractivity contribution is 5.97. The quantitative estimate of drug-likeness (QED) is 0.884. The first kappa shape index (κ1) is 12.4. The van der Waals surface area contributed by atoms with E-state index in [0.29, 0.717) is 18.0 Å². The predicted molar refractivity (Wildman–Crippen MR) is 71.7 cm³/mol. The van der Waals surface area contributed by atoms with Crippen molar-refractivity contribution >= 4 is 17.5 Å². The molecule has 1 atom stereocenters. The summed E-state index contributed by atoms with van der Waals surface area (Å²) in [4.78, 5) is 26.9. The summed E-state index contributed by atoms with van der Waals surface area (Å²) in [6.07, 6.45) is 3.25. The molecule has 1 saturated heterocycles. The number of hydrogen-bond donors (Lipinski definition) is 2. The molecule has 2 amide bonds. The Morgan fingerprint density at radius 3 is 2.75 bits per heavy atom. The maximum absolute atomic E-state index is 11.9. The second-order valence-electron chi connectivity index (χ2n) is 4.64. The number of carbonyl (C=O) groups excluding carboxylic acids is 2. The molecule has 1 unspecified atom stereocenters. The maximum Gasteiger partial charge on any atom is 0.229 e. The molecule has 0 spiro atoms. The summed E-state index contributed by atoms with van der Waals surface area (Å²) in [6.45, 7) is 0.404. The summed E-state index contributed by atoms with van der Waals surface area (Å²) >= 11 is 0. The number of hydrogen-bond acceptors (Lipinski definition) is 4. The van der Waals surface area contributed by atoms with E-state index in [9.17, 15) is 9.59 Å². The van der Waals surface area contributed by atoms with Gasteiger partial charge in [0.2, 0.25) is 11.8 Å². The third-order valence-electron chi connectivity index (χ3n) is 3.22. The topological polar surface area (TPSA) is 84.2 Å². The van der Waals surface area contributed by atoms with Crippen LogP contribution in [-0.2, 0) is 9.59 Å². The zero-order valence-electron chi connectivity index (χ0n) is 10.6. The normalized spacial score (nSPS) is 17.8. The van der Waals surface area contributed by atoms with Crippen LogP contribution in [-0.4, -0.2) is 23.3 Å². The molecule has 0 radical (unpaired) electrons. The van der Waals surface area contributed by atoms with Crippen LogP contribution in [0.25, 0.3) is 11.3 Å². The minimum atomic E-state index is -0.295. The van der Waals surface area contributed by atoms with Crippen molar-refractivity contribution in [2.75, 3.05) is 11.9 Å². The highest BCUT2D eigenvalue weighted by Crippen LogP contribution is 2.21. The SMILES string of the molecule is O=C1CC(C(=O)Nc2ccc(-c3cnco3)cc2)CN1. The minimum Gasteiger partial charge on any atom is -0.444 e. The molecule has 2 heterocycles. The molecule has 6 heteroatoms. The first-order valence-corrected chi connectivity index (χ1v) is 6.29. The molecule has 0 aliphatic carbocycles. The fourth-order valence-corrected chi connectivity index (χ4v) is 2.11. The fraction of sp³-hybridized carbons (Fsp3) is 0.214. The number of aromatic nitrogens is 1. The fourth-order valence-electron chi connectivity index (χ4n) is 2.11. The van der Waals surface area contributed by atoms with E-state index in [2.05, 4.69) is 15.6 Å². The Labute approximate surface area is 115 Å². The van der Waals surface area contributed by atoms with Crippen molar-refractivity contribution in [2.24, 2.45) is 5.92 Å². The van der Waals surface area contributed by atoms with E-state index in [1.54, 1.807) is 18.3 Å². The Kier molecular flexibility index (Phi) is 3.20. The van der Waals surface area contributed by atoms with E-state index in [1.165, 1.54) is 6.39 Å². The first-order chi connectivity index (χ1) is 9.72. The lowest BCUT2D eigenvalue weighted by Crippen LogP contribution is -2.24. The Bertz CT molecular complexity index is 620. The number of rotatable bonds is 3. The Morgan fingerprint density at radius 1 is 1.35 bits per heavy atom. The van der Waals surface area contributed by atoms with Crippen LogP contribution in [0.5, 0.6) is 0 Å². The molecule has 102 valence electrons. The number of oxazole rings is 1. The van der Waals surface area contributed by atoms with Crippen molar-refractivity contribution in [3.05, 3.63) is 36.9 Å². The molecular weight excluding hydrogens is 258 g/mol. The highest BCUT2D eigenvalue weighted by atomic mass is 16.3. The van der Waals surface area contributed by atoms with Crippen LogP contribution >= 0.6 is 0 Å². The second kappa shape index (κ2) is 5.16. The number of amides is 2. The highest BCUT2D eigenvalue weighted by Gasteiger charge is 2.27. The molecule has 1 fully saturated rings. The Morgan fingerprint density at radius 2 is 2.15 bits per heavy atom. The van der Waals surface area contributed by atoms with Crippen molar-refractivity contribution in [2.45, 2.75) is 6.42 Å². The van der Waals surface area contributed by atoms with Gasteiger partial charge in [-0.2, -0.15) is 0 Å². The summed E-state index contributed by atoms with van der Waals surface area (Å²) in [6, 6.07) is 7.27. The van der Waals surface area contributed by atoms with Crippen molar-refractivity contribution in [1.82, 2.24) is 10.3 Å². The van der Waals surface area contributed by atoms with Gasteiger partial charge in [-0.25, -0.2) is 4.98 Å². The van der Waals surface area contributed by atoms with Crippen LogP contribution in [0.1, 0.15) is 6.42 Å². The van der Waals surface area contributed by atoms with Gasteiger partial charge < -0.3 is 15.1 Å². The van der Waals surface area contributed by atoms with E-state index >= 15 is 0 Å². The Hall–Kier alpha value is -2.63. The van der Waals surface area contributed by atoms with Gasteiger partial charge in [-0.15, -0.1) is 0 Å². The van der Waals surface area contributed by atoms with Gasteiger partial charge in [0, 0.05) is 24.2 Å². The van der Waals surface area contributed by atoms with E-state index in [-0.39, 0.29) is 24.2 Å². The van der Waals surface area contributed by atoms with Crippen molar-refractivity contribution in [3.63, 3.8) is 0 Å². The van der Waals surface area contributed by atoms with E-state index in [1.807, 2.05) is 12.1 Å². The van der Waals surface area contributed by atoms with Gasteiger partial charge in [0.25, 0.3) is 0 Å². The number of benzene rings is 1. The molecule has 1 aromatic heterocycles. The molecule has 2 N–H and O–H groups in total. The number of nitrogens with one attached hydrogen (secondary N) is 2. The van der Waals surface area contributed by atoms with E-state index in [4.69, 9.17) is 4.42 Å². The van der Waals surface area contributed by atoms with Gasteiger partial charge >= 0.3 is 0 Å². The van der Waals surface area contributed by atoms with Crippen molar-refractivity contribution < 1.29 is 14.0 Å². The molecule has 2 aromatic rings. The first-order valence-electron chi connectivity index (χ1n) is 6.29. The number of nitrogens with zero attached hydrogens (tertiary/aromatic N) is 1. The van der Waals surface area contributed by atoms with Crippen LogP contribution in [0.4, 0.5) is 5.69 Å². The summed E-state index contributed by atoms with van der Waals surface area (Å²) in [5.74, 6) is 0.159. The second-order valence-corrected chi connectivity index (χ2v) is 4.64. The minimum absolute atomic E-state index is 0.0779. The van der Waals surface area contributed by atoms with Crippen LogP contribution in [0.15, 0.2) is 41.3 Å². The lowest BCUT2D eigenvalue weighted by atomic mass is 10.1. The van der Waals surface area contributed by atoms with Crippen molar-refractivity contribution in [3.8, 4) is 11.3 Å². The molecule has 1 aliphatic rings. The van der Waals surface area contributed by atoms with Gasteiger partial charge in [-0.05, 0) is 24.3 Å². The molecule has 1 aliphatic heterocycles. The van der Waals surface area contributed by atoms with Crippen LogP contribution < -0.4 is 10.6 Å². The smallest absolute Gasteiger partial charge is 0.229 e. The molecule has 0 bridgehead atoms. The molecule has 6 nitrogen and oxygen atoms in total. The standard InChI is InChI=1S/C14H13N3O3/c18-13-5-10(6-16-13)14(19)17-11-3-1-9(2-4-11)12-7-15-8-20-12/h1-4,7-8,10H,5-6H2,(H,16,18)(H,17,19). The molecule has 1 aromatic carbocycles. The lowest BCUT2D eigenvalue weighted by molar-refractivity contribution is -0.123. The maximum atomic E-state index is 11.9. The van der Waals surface area contributed by atoms with Crippen LogP contribution in [0, 0.1) is 5.92 Å². The Balaban J connectivity index is 1.66. The third kappa shape index (κ3) is 2.54. The van der Waals surface area contributed by atoms with Crippen LogP contribution in [0.3, 0.4) is 0 Å². The van der Waals surface area contributed by atoms with Gasteiger partial charge in [-0.3, -0.25) is 9.59 Å². The average Bonchev–Trinajstić information content (AvgIpc) is 3.10. The third-order valence-corrected chi connectivity index (χ3v) is 3.22. The summed E-state index contributed by atoms with van der Waals surface area (Å²) < 4.78 is 5.19. The summed E-state index contributed by atoms with van der Waals surface area (Å²) in [5, 5.41) is 5.44. The molecular formula is C14H13N3O3. The van der Waals surface area contributed by atoms with E-state index < -0.39 is 0 Å². The largest absolute Gasteiger partial charge is 0.444 e. The van der Waals surface area contributed by atoms with E-state index in [0.717, 1.165) is 5.56 Å². The zero-order chi connectivity index (χ0) is 13.9. The molecule has 20 heavy (non-hydrogen) atoms. The number of anilines is 1. The van der Waals surface area contributed by atoms with Gasteiger partial charge in [0.05, 0.1) is 12.1 Å².